The van der Waals surface area contributed by atoms with Crippen LogP contribution in [0.3, 0.4) is 0 Å². The molecule has 0 aliphatic heterocycles. The molecule has 0 N–H and O–H groups in total. The predicted molar refractivity (Wildman–Crippen MR) is 113 cm³/mol. The molecule has 1 aromatic heterocycles. The maximum Gasteiger partial charge on any atom is 0.420 e. The highest BCUT2D eigenvalue weighted by Gasteiger charge is 2.36. The van der Waals surface area contributed by atoms with Crippen molar-refractivity contribution in [2.45, 2.75) is 33.1 Å². The van der Waals surface area contributed by atoms with Crippen LogP contribution in [0.25, 0.3) is 0 Å². The number of halogens is 3. The van der Waals surface area contributed by atoms with Crippen LogP contribution < -0.4 is 9.64 Å². The minimum absolute atomic E-state index is 0.272. The number of benzene rings is 2. The van der Waals surface area contributed by atoms with Gasteiger partial charge in [0.1, 0.15) is 17.9 Å². The second kappa shape index (κ2) is 9.35. The van der Waals surface area contributed by atoms with E-state index >= 15 is 0 Å². The van der Waals surface area contributed by atoms with Crippen LogP contribution in [-0.4, -0.2) is 15.8 Å². The van der Waals surface area contributed by atoms with Gasteiger partial charge < -0.3 is 4.74 Å². The Balaban J connectivity index is 1.81. The number of hydrogen-bond donors (Lipinski definition) is 0. The fraction of sp³-hybridized carbons (Fsp3) is 0.238. The first-order chi connectivity index (χ1) is 15.1. The number of carbonyl (C=O) groups excluding carboxylic acids is 1. The number of thiazole rings is 1. The van der Waals surface area contributed by atoms with Gasteiger partial charge in [-0.3, -0.25) is 19.8 Å². The van der Waals surface area contributed by atoms with Crippen molar-refractivity contribution in [3.05, 3.63) is 74.8 Å². The average Bonchev–Trinajstić information content (AvgIpc) is 3.20. The van der Waals surface area contributed by atoms with Crippen molar-refractivity contribution in [1.29, 1.82) is 0 Å². The van der Waals surface area contributed by atoms with Gasteiger partial charge >= 0.3 is 6.18 Å². The highest BCUT2D eigenvalue weighted by atomic mass is 32.1. The lowest BCUT2D eigenvalue weighted by molar-refractivity contribution is -0.385. The highest BCUT2D eigenvalue weighted by molar-refractivity contribution is 7.14. The highest BCUT2D eigenvalue weighted by Crippen LogP contribution is 2.39. The number of nitro groups is 1. The van der Waals surface area contributed by atoms with Crippen molar-refractivity contribution < 1.29 is 27.6 Å². The van der Waals surface area contributed by atoms with Crippen molar-refractivity contribution in [3.8, 4) is 5.75 Å². The van der Waals surface area contributed by atoms with Gasteiger partial charge in [0.15, 0.2) is 5.13 Å². The monoisotopic (exact) mass is 465 g/mol. The van der Waals surface area contributed by atoms with Gasteiger partial charge in [-0.15, -0.1) is 11.3 Å². The molecule has 0 aliphatic carbocycles. The van der Waals surface area contributed by atoms with E-state index in [9.17, 15) is 28.1 Å². The first-order valence-corrected chi connectivity index (χ1v) is 10.3. The summed E-state index contributed by atoms with van der Waals surface area (Å²) < 4.78 is 45.2. The maximum atomic E-state index is 13.3. The smallest absolute Gasteiger partial charge is 0.420 e. The maximum absolute atomic E-state index is 13.3. The fourth-order valence-electron chi connectivity index (χ4n) is 2.90. The molecule has 0 bridgehead atoms. The summed E-state index contributed by atoms with van der Waals surface area (Å²) >= 11 is 1.14. The number of hydrogen-bond acceptors (Lipinski definition) is 6. The van der Waals surface area contributed by atoms with Crippen LogP contribution in [0.15, 0.2) is 47.8 Å². The number of nitrogens with zero attached hydrogens (tertiary/aromatic N) is 3. The molecule has 168 valence electrons. The molecule has 11 heteroatoms. The number of aryl methyl sites for hydroxylation is 1. The summed E-state index contributed by atoms with van der Waals surface area (Å²) in [6.07, 6.45) is -3.98. The minimum atomic E-state index is -4.83. The number of aromatic nitrogens is 1. The van der Waals surface area contributed by atoms with Gasteiger partial charge in [-0.1, -0.05) is 19.1 Å². The molecule has 3 aromatic rings. The molecule has 7 nitrogen and oxygen atoms in total. The average molecular weight is 465 g/mol. The standard InChI is InChI=1S/C21H18F3N3O4S/c1-3-14-4-6-16(7-5-14)26(13(2)28)20-25-15(12-32-20)11-31-19-9-8-17(27(29)30)10-18(19)21(22,23)24/h4-10,12H,3,11H2,1-2H3. The van der Waals surface area contributed by atoms with Crippen molar-refractivity contribution in [2.75, 3.05) is 4.90 Å². The number of carbonyl (C=O) groups is 1. The molecule has 0 unspecified atom stereocenters. The Labute approximate surface area is 185 Å². The minimum Gasteiger partial charge on any atom is -0.487 e. The Morgan fingerprint density at radius 3 is 2.47 bits per heavy atom. The zero-order valence-electron chi connectivity index (χ0n) is 17.0. The van der Waals surface area contributed by atoms with Gasteiger partial charge in [-0.05, 0) is 30.2 Å². The summed E-state index contributed by atoms with van der Waals surface area (Å²) in [6, 6.07) is 9.67. The van der Waals surface area contributed by atoms with Gasteiger partial charge in [-0.2, -0.15) is 13.2 Å². The van der Waals surface area contributed by atoms with E-state index in [2.05, 4.69) is 4.98 Å². The molecule has 0 atom stereocenters. The van der Waals surface area contributed by atoms with Crippen LogP contribution in [0, 0.1) is 10.1 Å². The molecule has 2 aromatic carbocycles. The predicted octanol–water partition coefficient (Wildman–Crippen LogP) is 5.90. The molecule has 0 spiro atoms. The third-order valence-corrected chi connectivity index (χ3v) is 5.38. The number of ether oxygens (including phenoxy) is 1. The summed E-state index contributed by atoms with van der Waals surface area (Å²) in [6.45, 7) is 3.09. The Hall–Kier alpha value is -3.47. The SMILES string of the molecule is CCc1ccc(N(C(C)=O)c2nc(COc3ccc([N+](=O)[O-])cc3C(F)(F)F)cs2)cc1. The number of rotatable bonds is 7. The van der Waals surface area contributed by atoms with E-state index in [1.807, 2.05) is 19.1 Å². The van der Waals surface area contributed by atoms with Gasteiger partial charge in [-0.25, -0.2) is 4.98 Å². The van der Waals surface area contributed by atoms with Crippen molar-refractivity contribution in [3.63, 3.8) is 0 Å². The molecule has 32 heavy (non-hydrogen) atoms. The largest absolute Gasteiger partial charge is 0.487 e. The topological polar surface area (TPSA) is 85.6 Å². The lowest BCUT2D eigenvalue weighted by Gasteiger charge is -2.18. The van der Waals surface area contributed by atoms with Gasteiger partial charge in [0, 0.05) is 24.4 Å². The molecule has 0 radical (unpaired) electrons. The Bertz CT molecular complexity index is 1130. The zero-order chi connectivity index (χ0) is 23.5. The summed E-state index contributed by atoms with van der Waals surface area (Å²) in [5, 5.41) is 12.7. The second-order valence-electron chi connectivity index (χ2n) is 6.72. The summed E-state index contributed by atoms with van der Waals surface area (Å²) in [7, 11) is 0. The third kappa shape index (κ3) is 5.22. The van der Waals surface area contributed by atoms with Crippen molar-refractivity contribution in [1.82, 2.24) is 4.98 Å². The Morgan fingerprint density at radius 1 is 1.22 bits per heavy atom. The molecular weight excluding hydrogens is 447 g/mol. The molecule has 1 heterocycles. The van der Waals surface area contributed by atoms with Gasteiger partial charge in [0.25, 0.3) is 5.69 Å². The molecule has 0 fully saturated rings. The summed E-state index contributed by atoms with van der Waals surface area (Å²) in [5.74, 6) is -0.818. The molecule has 3 rings (SSSR count). The molecule has 1 amide bonds. The number of alkyl halides is 3. The lowest BCUT2D eigenvalue weighted by atomic mass is 10.1. The quantitative estimate of drug-likeness (QED) is 0.321. The fourth-order valence-corrected chi connectivity index (χ4v) is 3.78. The van der Waals surface area contributed by atoms with E-state index in [4.69, 9.17) is 4.74 Å². The van der Waals surface area contributed by atoms with Crippen LogP contribution in [0.4, 0.5) is 29.7 Å². The third-order valence-electron chi connectivity index (χ3n) is 4.50. The summed E-state index contributed by atoms with van der Waals surface area (Å²) in [5.41, 5.74) is 0.100. The number of non-ortho nitro benzene ring substituents is 1. The van der Waals surface area contributed by atoms with Crippen molar-refractivity contribution >= 4 is 33.8 Å². The van der Waals surface area contributed by atoms with Crippen LogP contribution in [0.1, 0.15) is 30.7 Å². The number of anilines is 2. The molecule has 0 aliphatic rings. The summed E-state index contributed by atoms with van der Waals surface area (Å²) in [4.78, 5) is 27.8. The van der Waals surface area contributed by atoms with E-state index in [1.54, 1.807) is 17.5 Å². The van der Waals surface area contributed by atoms with E-state index in [1.165, 1.54) is 11.8 Å². The zero-order valence-corrected chi connectivity index (χ0v) is 17.9. The van der Waals surface area contributed by atoms with Gasteiger partial charge in [0.2, 0.25) is 5.91 Å². The lowest BCUT2D eigenvalue weighted by Crippen LogP contribution is -2.22. The van der Waals surface area contributed by atoms with Gasteiger partial charge in [0.05, 0.1) is 16.3 Å². The van der Waals surface area contributed by atoms with E-state index in [0.717, 1.165) is 35.5 Å². The van der Waals surface area contributed by atoms with Crippen LogP contribution in [-0.2, 0) is 24.0 Å². The molecule has 0 saturated heterocycles. The van der Waals surface area contributed by atoms with E-state index in [-0.39, 0.29) is 12.5 Å². The Kier molecular flexibility index (Phi) is 6.78. The number of nitro benzene ring substituents is 1. The van der Waals surface area contributed by atoms with Crippen LogP contribution >= 0.6 is 11.3 Å². The van der Waals surface area contributed by atoms with Crippen LogP contribution in [0.5, 0.6) is 5.75 Å². The first kappa shape index (κ1) is 23.2. The van der Waals surface area contributed by atoms with Crippen LogP contribution in [0.2, 0.25) is 0 Å². The van der Waals surface area contributed by atoms with E-state index < -0.39 is 28.1 Å². The first-order valence-electron chi connectivity index (χ1n) is 9.42. The Morgan fingerprint density at radius 2 is 1.91 bits per heavy atom. The molecular formula is C21H18F3N3O4S. The second-order valence-corrected chi connectivity index (χ2v) is 7.56. The van der Waals surface area contributed by atoms with E-state index in [0.29, 0.717) is 22.6 Å². The number of amides is 1. The molecule has 0 saturated carbocycles. The normalized spacial score (nSPS) is 11.3. The van der Waals surface area contributed by atoms with Crippen molar-refractivity contribution in [2.24, 2.45) is 0 Å².